The number of hydrogen-bond acceptors (Lipinski definition) is 6. The number of nitrogens with zero attached hydrogens (tertiary/aromatic N) is 2. The fourth-order valence-electron chi connectivity index (χ4n) is 3.14. The minimum atomic E-state index is -0.0848. The van der Waals surface area contributed by atoms with Crippen molar-refractivity contribution in [1.82, 2.24) is 15.2 Å². The molecule has 2 N–H and O–H groups in total. The van der Waals surface area contributed by atoms with Crippen LogP contribution < -0.4 is 5.32 Å². The second-order valence-electron chi connectivity index (χ2n) is 7.24. The van der Waals surface area contributed by atoms with Gasteiger partial charge in [-0.15, -0.1) is 5.10 Å². The normalized spacial score (nSPS) is 16.0. The number of rotatable bonds is 7. The molecule has 0 radical (unpaired) electrons. The number of carbonyl (C=O) groups excluding carboxylic acids is 1. The van der Waals surface area contributed by atoms with Crippen LogP contribution in [0.1, 0.15) is 35.9 Å². The van der Waals surface area contributed by atoms with Crippen molar-refractivity contribution in [3.8, 4) is 0 Å². The largest absolute Gasteiger partial charge is 0.370 e. The molecule has 30 heavy (non-hydrogen) atoms. The first-order chi connectivity index (χ1) is 14.6. The summed E-state index contributed by atoms with van der Waals surface area (Å²) in [5.41, 5.74) is 3.29. The molecule has 0 unspecified atom stereocenters. The van der Waals surface area contributed by atoms with Crippen LogP contribution in [0.2, 0.25) is 0 Å². The van der Waals surface area contributed by atoms with Gasteiger partial charge in [-0.3, -0.25) is 9.89 Å². The fraction of sp³-hybridized carbons (Fsp3) is 0.318. The van der Waals surface area contributed by atoms with E-state index in [1.165, 1.54) is 27.8 Å². The van der Waals surface area contributed by atoms with Crippen molar-refractivity contribution in [3.05, 3.63) is 59.4 Å². The molecular weight excluding hydrogens is 416 g/mol. The average molecular weight is 441 g/mol. The van der Waals surface area contributed by atoms with Gasteiger partial charge >= 0.3 is 0 Å². The van der Waals surface area contributed by atoms with E-state index in [2.05, 4.69) is 52.5 Å². The molecule has 1 atom stereocenters. The van der Waals surface area contributed by atoms with Crippen molar-refractivity contribution in [2.45, 2.75) is 47.7 Å². The number of nitrogens with one attached hydrogen (secondary N) is 2. The van der Waals surface area contributed by atoms with Crippen LogP contribution >= 0.6 is 23.5 Å². The number of anilines is 1. The molecule has 1 fully saturated rings. The van der Waals surface area contributed by atoms with E-state index >= 15 is 0 Å². The number of aromatic amines is 1. The summed E-state index contributed by atoms with van der Waals surface area (Å²) >= 11 is 3.04. The van der Waals surface area contributed by atoms with Crippen LogP contribution in [0.15, 0.2) is 57.4 Å². The van der Waals surface area contributed by atoms with E-state index in [1.807, 2.05) is 24.3 Å². The van der Waals surface area contributed by atoms with Gasteiger partial charge in [-0.2, -0.15) is 0 Å². The lowest BCUT2D eigenvalue weighted by Crippen LogP contribution is -2.14. The lowest BCUT2D eigenvalue weighted by Gasteiger charge is -2.08. The third kappa shape index (κ3) is 5.44. The molecule has 1 saturated heterocycles. The van der Waals surface area contributed by atoms with E-state index in [0.717, 1.165) is 35.9 Å². The molecule has 6 nitrogen and oxygen atoms in total. The van der Waals surface area contributed by atoms with Gasteiger partial charge in [0.2, 0.25) is 11.1 Å². The summed E-state index contributed by atoms with van der Waals surface area (Å²) in [4.78, 5) is 19.1. The van der Waals surface area contributed by atoms with Gasteiger partial charge in [-0.1, -0.05) is 35.7 Å². The van der Waals surface area contributed by atoms with Gasteiger partial charge in [0.25, 0.3) is 0 Å². The second-order valence-corrected chi connectivity index (χ2v) is 9.29. The quantitative estimate of drug-likeness (QED) is 0.494. The minimum Gasteiger partial charge on any atom is -0.370 e. The summed E-state index contributed by atoms with van der Waals surface area (Å²) < 4.78 is 5.59. The van der Waals surface area contributed by atoms with Crippen LogP contribution in [0.5, 0.6) is 0 Å². The lowest BCUT2D eigenvalue weighted by atomic mass is 10.2. The predicted molar refractivity (Wildman–Crippen MR) is 120 cm³/mol. The maximum Gasteiger partial charge on any atom is 0.234 e. The molecule has 0 spiro atoms. The van der Waals surface area contributed by atoms with E-state index in [9.17, 15) is 4.79 Å². The number of ether oxygens (including phenoxy) is 1. The van der Waals surface area contributed by atoms with Crippen LogP contribution in [0.25, 0.3) is 0 Å². The van der Waals surface area contributed by atoms with Gasteiger partial charge < -0.3 is 10.1 Å². The van der Waals surface area contributed by atoms with E-state index in [0.29, 0.717) is 5.16 Å². The monoisotopic (exact) mass is 440 g/mol. The van der Waals surface area contributed by atoms with Crippen molar-refractivity contribution < 1.29 is 9.53 Å². The summed E-state index contributed by atoms with van der Waals surface area (Å²) in [6.45, 7) is 4.98. The zero-order chi connectivity index (χ0) is 20.9. The minimum absolute atomic E-state index is 0.000601. The Morgan fingerprint density at radius 1 is 1.23 bits per heavy atom. The number of amides is 1. The van der Waals surface area contributed by atoms with Gasteiger partial charge in [-0.25, -0.2) is 4.98 Å². The molecule has 8 heteroatoms. The first kappa shape index (κ1) is 21.0. The smallest absolute Gasteiger partial charge is 0.234 e. The Balaban J connectivity index is 1.28. The maximum absolute atomic E-state index is 12.3. The van der Waals surface area contributed by atoms with Gasteiger partial charge in [-0.05, 0) is 68.1 Å². The van der Waals surface area contributed by atoms with Gasteiger partial charge in [0.15, 0.2) is 5.82 Å². The third-order valence-corrected chi connectivity index (χ3v) is 6.77. The highest BCUT2D eigenvalue weighted by atomic mass is 32.2. The van der Waals surface area contributed by atoms with Crippen LogP contribution in [0, 0.1) is 13.8 Å². The highest BCUT2D eigenvalue weighted by molar-refractivity contribution is 7.99. The summed E-state index contributed by atoms with van der Waals surface area (Å²) in [6.07, 6.45) is 2.00. The van der Waals surface area contributed by atoms with E-state index in [1.54, 1.807) is 11.8 Å². The molecule has 0 saturated carbocycles. The fourth-order valence-corrected chi connectivity index (χ4v) is 4.74. The molecule has 3 aromatic rings. The Morgan fingerprint density at radius 2 is 2.07 bits per heavy atom. The number of aryl methyl sites for hydroxylation is 2. The molecule has 156 valence electrons. The standard InChI is InChI=1S/C22H24N4O2S2/c1-14-5-6-15(2)19(12-14)30-17-9-7-16(8-10-17)23-20(27)13-29-22-24-21(25-26-22)18-4-3-11-28-18/h5-10,12,18H,3-4,11,13H2,1-2H3,(H,23,27)(H,24,25,26)/t18-/m0/s1. The zero-order valence-electron chi connectivity index (χ0n) is 17.0. The average Bonchev–Trinajstić information content (AvgIpc) is 3.42. The van der Waals surface area contributed by atoms with E-state index < -0.39 is 0 Å². The Labute approximate surface area is 184 Å². The van der Waals surface area contributed by atoms with Gasteiger partial charge in [0.1, 0.15) is 6.10 Å². The van der Waals surface area contributed by atoms with Gasteiger partial charge in [0.05, 0.1) is 5.75 Å². The van der Waals surface area contributed by atoms with Crippen molar-refractivity contribution in [1.29, 1.82) is 0 Å². The number of benzene rings is 2. The molecule has 0 aliphatic carbocycles. The molecule has 1 amide bonds. The maximum atomic E-state index is 12.3. The summed E-state index contributed by atoms with van der Waals surface area (Å²) in [5, 5.41) is 10.6. The lowest BCUT2D eigenvalue weighted by molar-refractivity contribution is -0.113. The van der Waals surface area contributed by atoms with Crippen molar-refractivity contribution >= 4 is 35.1 Å². The SMILES string of the molecule is Cc1ccc(C)c(Sc2ccc(NC(=O)CSc3n[nH]c([C@@H]4CCCO4)n3)cc2)c1. The first-order valence-electron chi connectivity index (χ1n) is 9.88. The predicted octanol–water partition coefficient (Wildman–Crippen LogP) is 5.16. The highest BCUT2D eigenvalue weighted by Gasteiger charge is 2.21. The third-order valence-electron chi connectivity index (χ3n) is 4.76. The number of thioether (sulfide) groups is 1. The van der Waals surface area contributed by atoms with Gasteiger partial charge in [0, 0.05) is 22.1 Å². The van der Waals surface area contributed by atoms with Crippen molar-refractivity contribution in [3.63, 3.8) is 0 Å². The van der Waals surface area contributed by atoms with E-state index in [4.69, 9.17) is 4.74 Å². The van der Waals surface area contributed by atoms with Crippen LogP contribution in [-0.2, 0) is 9.53 Å². The number of carbonyl (C=O) groups is 1. The topological polar surface area (TPSA) is 79.9 Å². The molecule has 4 rings (SSSR count). The molecule has 0 bridgehead atoms. The molecule has 1 aliphatic rings. The Hall–Kier alpha value is -2.29. The molecule has 1 aromatic heterocycles. The van der Waals surface area contributed by atoms with Crippen LogP contribution in [0.4, 0.5) is 5.69 Å². The van der Waals surface area contributed by atoms with Crippen LogP contribution in [-0.4, -0.2) is 33.4 Å². The van der Waals surface area contributed by atoms with Crippen molar-refractivity contribution in [2.24, 2.45) is 0 Å². The number of hydrogen-bond donors (Lipinski definition) is 2. The summed E-state index contributed by atoms with van der Waals surface area (Å²) in [7, 11) is 0. The Morgan fingerprint density at radius 3 is 2.83 bits per heavy atom. The zero-order valence-corrected chi connectivity index (χ0v) is 18.6. The highest BCUT2D eigenvalue weighted by Crippen LogP contribution is 2.32. The first-order valence-corrected chi connectivity index (χ1v) is 11.7. The molecule has 1 aliphatic heterocycles. The molecule has 2 heterocycles. The second kappa shape index (κ2) is 9.68. The Kier molecular flexibility index (Phi) is 6.76. The summed E-state index contributed by atoms with van der Waals surface area (Å²) in [5.74, 6) is 0.910. The Bertz CT molecular complexity index is 1010. The number of H-pyrrole nitrogens is 1. The number of aromatic nitrogens is 3. The summed E-state index contributed by atoms with van der Waals surface area (Å²) in [6, 6.07) is 14.4. The molecule has 2 aromatic carbocycles. The van der Waals surface area contributed by atoms with Crippen LogP contribution in [0.3, 0.4) is 0 Å². The van der Waals surface area contributed by atoms with Crippen molar-refractivity contribution in [2.75, 3.05) is 17.7 Å². The van der Waals surface area contributed by atoms with E-state index in [-0.39, 0.29) is 17.8 Å². The molecular formula is C22H24N4O2S2.